The zero-order valence-electron chi connectivity index (χ0n) is 14.6. The van der Waals surface area contributed by atoms with Gasteiger partial charge in [-0.15, -0.1) is 11.8 Å². The largest absolute Gasteiger partial charge is 0.356 e. The van der Waals surface area contributed by atoms with Crippen LogP contribution in [0.5, 0.6) is 0 Å². The van der Waals surface area contributed by atoms with Crippen molar-refractivity contribution >= 4 is 29.5 Å². The molecule has 0 aliphatic carbocycles. The Kier molecular flexibility index (Phi) is 7.21. The maximum Gasteiger partial charge on any atom is 0.193 e. The van der Waals surface area contributed by atoms with E-state index in [1.165, 1.54) is 41.4 Å². The maximum atomic E-state index is 4.53. The Bertz CT molecular complexity index is 515. The van der Waals surface area contributed by atoms with E-state index >= 15 is 0 Å². The number of benzene rings is 1. The molecule has 2 heterocycles. The molecule has 1 unspecified atom stereocenters. The summed E-state index contributed by atoms with van der Waals surface area (Å²) in [5, 5.41) is 3.64. The average molecular weight is 364 g/mol. The van der Waals surface area contributed by atoms with Crippen molar-refractivity contribution in [2.45, 2.75) is 24.2 Å². The number of hydrogen-bond donors (Lipinski definition) is 1. The van der Waals surface area contributed by atoms with Crippen LogP contribution >= 0.6 is 23.5 Å². The van der Waals surface area contributed by atoms with Crippen LogP contribution in [-0.2, 0) is 0 Å². The minimum Gasteiger partial charge on any atom is -0.356 e. The van der Waals surface area contributed by atoms with Gasteiger partial charge in [0.1, 0.15) is 0 Å². The monoisotopic (exact) mass is 363 g/mol. The third kappa shape index (κ3) is 5.35. The van der Waals surface area contributed by atoms with Crippen molar-refractivity contribution in [1.82, 2.24) is 10.2 Å². The van der Waals surface area contributed by atoms with Gasteiger partial charge in [0.15, 0.2) is 5.96 Å². The summed E-state index contributed by atoms with van der Waals surface area (Å²) in [4.78, 5) is 8.36. The number of aliphatic imine (C=N–C) groups is 1. The van der Waals surface area contributed by atoms with E-state index in [0.29, 0.717) is 0 Å². The summed E-state index contributed by atoms with van der Waals surface area (Å²) in [6.45, 7) is 3.37. The average Bonchev–Trinajstić information content (AvgIpc) is 3.11. The van der Waals surface area contributed by atoms with E-state index in [-0.39, 0.29) is 0 Å². The van der Waals surface area contributed by atoms with Gasteiger partial charge >= 0.3 is 0 Å². The zero-order chi connectivity index (χ0) is 16.6. The quantitative estimate of drug-likeness (QED) is 0.489. The normalized spacial score (nSPS) is 22.8. The van der Waals surface area contributed by atoms with Gasteiger partial charge in [0.05, 0.1) is 0 Å². The van der Waals surface area contributed by atoms with Gasteiger partial charge in [-0.2, -0.15) is 11.8 Å². The molecule has 3 nitrogen and oxygen atoms in total. The standard InChI is InChI=1S/C19H29N3S2/c1-20-19(21-13-16-8-11-23-12-9-16)22-10-7-17(14-22)15-24-18-5-3-2-4-6-18/h2-6,16-17H,7-15H2,1H3,(H,20,21). The van der Waals surface area contributed by atoms with Crippen LogP contribution in [0.25, 0.3) is 0 Å². The molecule has 0 aromatic heterocycles. The first-order valence-electron chi connectivity index (χ1n) is 9.06. The summed E-state index contributed by atoms with van der Waals surface area (Å²) in [6.07, 6.45) is 3.98. The van der Waals surface area contributed by atoms with Crippen LogP contribution in [0.3, 0.4) is 0 Å². The van der Waals surface area contributed by atoms with Gasteiger partial charge in [0.25, 0.3) is 0 Å². The SMILES string of the molecule is CN=C(NCC1CCSCC1)N1CCC(CSc2ccccc2)C1. The summed E-state index contributed by atoms with van der Waals surface area (Å²) in [7, 11) is 1.92. The molecule has 0 spiro atoms. The van der Waals surface area contributed by atoms with Crippen molar-refractivity contribution < 1.29 is 0 Å². The number of thioether (sulfide) groups is 2. The fraction of sp³-hybridized carbons (Fsp3) is 0.632. The van der Waals surface area contributed by atoms with Gasteiger partial charge in [0, 0.05) is 37.3 Å². The topological polar surface area (TPSA) is 27.6 Å². The molecule has 0 amide bonds. The second-order valence-electron chi connectivity index (χ2n) is 6.71. The molecule has 1 atom stereocenters. The van der Waals surface area contributed by atoms with Gasteiger partial charge in [-0.05, 0) is 54.7 Å². The number of nitrogens with one attached hydrogen (secondary N) is 1. The third-order valence-corrected chi connectivity index (χ3v) is 7.21. The lowest BCUT2D eigenvalue weighted by Crippen LogP contribution is -2.42. The number of hydrogen-bond acceptors (Lipinski definition) is 3. The maximum absolute atomic E-state index is 4.53. The Balaban J connectivity index is 1.41. The van der Waals surface area contributed by atoms with E-state index in [2.05, 4.69) is 57.3 Å². The van der Waals surface area contributed by atoms with E-state index < -0.39 is 0 Å². The highest BCUT2D eigenvalue weighted by Gasteiger charge is 2.25. The highest BCUT2D eigenvalue weighted by atomic mass is 32.2. The van der Waals surface area contributed by atoms with Crippen LogP contribution in [0, 0.1) is 11.8 Å². The van der Waals surface area contributed by atoms with E-state index in [0.717, 1.165) is 37.4 Å². The van der Waals surface area contributed by atoms with Gasteiger partial charge in [-0.3, -0.25) is 4.99 Å². The smallest absolute Gasteiger partial charge is 0.193 e. The molecule has 5 heteroatoms. The lowest BCUT2D eigenvalue weighted by Gasteiger charge is -2.26. The van der Waals surface area contributed by atoms with Crippen LogP contribution in [0.15, 0.2) is 40.2 Å². The third-order valence-electron chi connectivity index (χ3n) is 4.92. The van der Waals surface area contributed by atoms with E-state index in [9.17, 15) is 0 Å². The van der Waals surface area contributed by atoms with Crippen molar-refractivity contribution in [3.8, 4) is 0 Å². The van der Waals surface area contributed by atoms with Crippen molar-refractivity contribution in [3.63, 3.8) is 0 Å². The lowest BCUT2D eigenvalue weighted by molar-refractivity contribution is 0.439. The molecule has 1 aromatic rings. The fourth-order valence-electron chi connectivity index (χ4n) is 3.41. The minimum atomic E-state index is 0.764. The zero-order valence-corrected chi connectivity index (χ0v) is 16.2. The summed E-state index contributed by atoms with van der Waals surface area (Å²) in [6, 6.07) is 10.8. The Labute approximate surface area is 155 Å². The van der Waals surface area contributed by atoms with Gasteiger partial charge in [-0.1, -0.05) is 18.2 Å². The molecule has 2 fully saturated rings. The van der Waals surface area contributed by atoms with E-state index in [4.69, 9.17) is 0 Å². The van der Waals surface area contributed by atoms with Gasteiger partial charge < -0.3 is 10.2 Å². The summed E-state index contributed by atoms with van der Waals surface area (Å²) in [5.41, 5.74) is 0. The molecule has 24 heavy (non-hydrogen) atoms. The number of nitrogens with zero attached hydrogens (tertiary/aromatic N) is 2. The Morgan fingerprint density at radius 3 is 2.75 bits per heavy atom. The second kappa shape index (κ2) is 9.62. The predicted molar refractivity (Wildman–Crippen MR) is 108 cm³/mol. The van der Waals surface area contributed by atoms with Crippen molar-refractivity contribution in [2.75, 3.05) is 43.9 Å². The Morgan fingerprint density at radius 2 is 2.00 bits per heavy atom. The highest BCUT2D eigenvalue weighted by Crippen LogP contribution is 2.26. The minimum absolute atomic E-state index is 0.764. The van der Waals surface area contributed by atoms with Crippen LogP contribution < -0.4 is 5.32 Å². The molecule has 3 rings (SSSR count). The first-order valence-corrected chi connectivity index (χ1v) is 11.2. The predicted octanol–water partition coefficient (Wildman–Crippen LogP) is 3.82. The van der Waals surface area contributed by atoms with Crippen LogP contribution in [0.2, 0.25) is 0 Å². The highest BCUT2D eigenvalue weighted by molar-refractivity contribution is 7.99. The first-order chi connectivity index (χ1) is 11.8. The molecule has 0 bridgehead atoms. The number of rotatable bonds is 5. The molecule has 2 aliphatic rings. The number of likely N-dealkylation sites (tertiary alicyclic amines) is 1. The Morgan fingerprint density at radius 1 is 1.21 bits per heavy atom. The fourth-order valence-corrected chi connectivity index (χ4v) is 5.66. The molecule has 0 saturated carbocycles. The van der Waals surface area contributed by atoms with Crippen molar-refractivity contribution in [1.29, 1.82) is 0 Å². The lowest BCUT2D eigenvalue weighted by atomic mass is 10.0. The molecular weight excluding hydrogens is 334 g/mol. The molecule has 132 valence electrons. The first kappa shape index (κ1) is 18.0. The van der Waals surface area contributed by atoms with E-state index in [1.54, 1.807) is 0 Å². The summed E-state index contributed by atoms with van der Waals surface area (Å²) < 4.78 is 0. The second-order valence-corrected chi connectivity index (χ2v) is 9.03. The molecule has 2 aliphatic heterocycles. The molecule has 1 N–H and O–H groups in total. The summed E-state index contributed by atoms with van der Waals surface area (Å²) >= 11 is 4.08. The van der Waals surface area contributed by atoms with Crippen LogP contribution in [0.4, 0.5) is 0 Å². The van der Waals surface area contributed by atoms with Crippen LogP contribution in [0.1, 0.15) is 19.3 Å². The Hall–Kier alpha value is -0.810. The van der Waals surface area contributed by atoms with Gasteiger partial charge in [0.2, 0.25) is 0 Å². The van der Waals surface area contributed by atoms with Crippen molar-refractivity contribution in [3.05, 3.63) is 30.3 Å². The number of guanidine groups is 1. The van der Waals surface area contributed by atoms with Gasteiger partial charge in [-0.25, -0.2) is 0 Å². The summed E-state index contributed by atoms with van der Waals surface area (Å²) in [5.74, 6) is 6.56. The molecule has 2 saturated heterocycles. The molecule has 1 aromatic carbocycles. The molecule has 0 radical (unpaired) electrons. The molecular formula is C19H29N3S2. The van der Waals surface area contributed by atoms with Crippen molar-refractivity contribution in [2.24, 2.45) is 16.8 Å². The van der Waals surface area contributed by atoms with Crippen LogP contribution in [-0.4, -0.2) is 54.8 Å². The van der Waals surface area contributed by atoms with E-state index in [1.807, 2.05) is 18.8 Å².